The Bertz CT molecular complexity index is 834. The monoisotopic (exact) mass is 450 g/mol. The molecule has 176 valence electrons. The summed E-state index contributed by atoms with van der Waals surface area (Å²) in [6, 6.07) is 2.25. The Morgan fingerprint density at radius 2 is 1.97 bits per heavy atom. The van der Waals surface area contributed by atoms with Crippen LogP contribution in [0.1, 0.15) is 32.4 Å². The molecule has 0 aliphatic carbocycles. The second kappa shape index (κ2) is 9.03. The number of pyridine rings is 1. The lowest BCUT2D eigenvalue weighted by Gasteiger charge is -2.32. The Morgan fingerprint density at radius 3 is 2.59 bits per heavy atom. The topological polar surface area (TPSA) is 114 Å². The van der Waals surface area contributed by atoms with Gasteiger partial charge in [-0.3, -0.25) is 19.9 Å². The summed E-state index contributed by atoms with van der Waals surface area (Å²) in [5, 5.41) is 3.27. The number of methoxy groups -OCH3 is 2. The summed E-state index contributed by atoms with van der Waals surface area (Å²) < 4.78 is 34.4. The summed E-state index contributed by atoms with van der Waals surface area (Å²) in [5.41, 5.74) is 0.753. The van der Waals surface area contributed by atoms with Crippen molar-refractivity contribution in [2.24, 2.45) is 11.8 Å². The highest BCUT2D eigenvalue weighted by Gasteiger charge is 2.63. The van der Waals surface area contributed by atoms with E-state index in [9.17, 15) is 9.59 Å². The van der Waals surface area contributed by atoms with Crippen LogP contribution in [-0.2, 0) is 38.0 Å². The minimum Gasteiger partial charge on any atom is -0.468 e. The number of hydrogen-bond acceptors (Lipinski definition) is 10. The van der Waals surface area contributed by atoms with Crippen LogP contribution in [0.2, 0.25) is 0 Å². The van der Waals surface area contributed by atoms with Crippen LogP contribution in [0.15, 0.2) is 24.5 Å². The molecule has 1 aromatic heterocycles. The number of ether oxygens (including phenoxy) is 6. The number of carbonyl (C=O) groups is 2. The Morgan fingerprint density at radius 1 is 1.19 bits per heavy atom. The van der Waals surface area contributed by atoms with E-state index in [2.05, 4.69) is 10.3 Å². The summed E-state index contributed by atoms with van der Waals surface area (Å²) in [6.45, 7) is 5.54. The van der Waals surface area contributed by atoms with Gasteiger partial charge in [-0.2, -0.15) is 0 Å². The number of rotatable bonds is 6. The van der Waals surface area contributed by atoms with Crippen molar-refractivity contribution in [3.63, 3.8) is 0 Å². The molecule has 0 bridgehead atoms. The van der Waals surface area contributed by atoms with Gasteiger partial charge in [-0.05, 0) is 32.4 Å². The number of carbonyl (C=O) groups excluding carboxylic acids is 2. The molecule has 3 saturated heterocycles. The zero-order valence-electron chi connectivity index (χ0n) is 18.8. The van der Waals surface area contributed by atoms with Gasteiger partial charge in [-0.1, -0.05) is 6.07 Å². The molecule has 0 saturated carbocycles. The molecular weight excluding hydrogens is 420 g/mol. The number of esters is 2. The quantitative estimate of drug-likeness (QED) is 0.628. The molecule has 0 radical (unpaired) electrons. The number of hydrogen-bond donors (Lipinski definition) is 1. The third kappa shape index (κ3) is 4.01. The van der Waals surface area contributed by atoms with Gasteiger partial charge >= 0.3 is 11.9 Å². The molecule has 1 N–H and O–H groups in total. The number of aromatic nitrogens is 1. The number of nitrogens with zero attached hydrogens (tertiary/aromatic N) is 1. The lowest BCUT2D eigenvalue weighted by molar-refractivity contribution is -0.226. The predicted octanol–water partition coefficient (Wildman–Crippen LogP) is 0.954. The predicted molar refractivity (Wildman–Crippen MR) is 109 cm³/mol. The Kier molecular flexibility index (Phi) is 6.51. The van der Waals surface area contributed by atoms with Crippen LogP contribution < -0.4 is 5.32 Å². The van der Waals surface area contributed by atoms with Crippen molar-refractivity contribution in [1.82, 2.24) is 10.3 Å². The van der Waals surface area contributed by atoms with E-state index in [1.165, 1.54) is 7.11 Å². The van der Waals surface area contributed by atoms with E-state index in [0.29, 0.717) is 0 Å². The third-order valence-electron chi connectivity index (χ3n) is 6.25. The normalized spacial score (nSPS) is 37.8. The highest BCUT2D eigenvalue weighted by atomic mass is 16.8. The van der Waals surface area contributed by atoms with Gasteiger partial charge in [0, 0.05) is 31.5 Å². The van der Waals surface area contributed by atoms with Crippen molar-refractivity contribution in [1.29, 1.82) is 0 Å². The summed E-state index contributed by atoms with van der Waals surface area (Å²) in [6.07, 6.45) is 0.875. The molecule has 0 amide bonds. The molecule has 32 heavy (non-hydrogen) atoms. The maximum absolute atomic E-state index is 13.2. The average molecular weight is 450 g/mol. The van der Waals surface area contributed by atoms with Crippen molar-refractivity contribution in [3.05, 3.63) is 30.1 Å². The van der Waals surface area contributed by atoms with E-state index in [1.54, 1.807) is 46.3 Å². The highest BCUT2D eigenvalue weighted by molar-refractivity contribution is 5.81. The fourth-order valence-electron chi connectivity index (χ4n) is 5.06. The molecule has 3 fully saturated rings. The molecule has 1 aromatic rings. The average Bonchev–Trinajstić information content (AvgIpc) is 3.40. The lowest BCUT2D eigenvalue weighted by Crippen LogP contribution is -2.49. The molecule has 3 aliphatic rings. The first-order valence-electron chi connectivity index (χ1n) is 10.8. The highest BCUT2D eigenvalue weighted by Crippen LogP contribution is 2.48. The first kappa shape index (κ1) is 23.1. The summed E-state index contributed by atoms with van der Waals surface area (Å²) in [7, 11) is 2.86. The van der Waals surface area contributed by atoms with Gasteiger partial charge in [0.1, 0.15) is 18.2 Å². The van der Waals surface area contributed by atoms with Crippen LogP contribution in [0.4, 0.5) is 0 Å². The standard InChI is InChI=1S/C22H30N2O8/c1-6-29-19(25)13-12(16-17(27-4)18-21(30-16)32-22(2,3)31-18)15(20(26)28-5)24-14(13)11-8-7-9-23-10-11/h7-10,12-18,21,24H,6H2,1-5H3/t12-,13-,14-,15-,16-,17-,18+,21+/m0/s1. The van der Waals surface area contributed by atoms with Crippen molar-refractivity contribution in [3.8, 4) is 0 Å². The smallest absolute Gasteiger partial charge is 0.323 e. The zero-order chi connectivity index (χ0) is 23.0. The van der Waals surface area contributed by atoms with E-state index < -0.39 is 66.2 Å². The molecule has 4 heterocycles. The van der Waals surface area contributed by atoms with Gasteiger partial charge < -0.3 is 28.4 Å². The molecule has 4 rings (SSSR count). The Balaban J connectivity index is 1.73. The van der Waals surface area contributed by atoms with Gasteiger partial charge in [-0.15, -0.1) is 0 Å². The summed E-state index contributed by atoms with van der Waals surface area (Å²) >= 11 is 0. The fraction of sp³-hybridized carbons (Fsp3) is 0.682. The second-order valence-electron chi connectivity index (χ2n) is 8.56. The first-order valence-corrected chi connectivity index (χ1v) is 10.8. The van der Waals surface area contributed by atoms with Crippen LogP contribution in [0, 0.1) is 11.8 Å². The minimum absolute atomic E-state index is 0.204. The van der Waals surface area contributed by atoms with E-state index in [0.717, 1.165) is 5.56 Å². The fourth-order valence-corrected chi connectivity index (χ4v) is 5.06. The molecule has 0 aromatic carbocycles. The van der Waals surface area contributed by atoms with E-state index in [-0.39, 0.29) is 6.61 Å². The summed E-state index contributed by atoms with van der Waals surface area (Å²) in [5.74, 6) is -3.18. The van der Waals surface area contributed by atoms with Crippen molar-refractivity contribution >= 4 is 11.9 Å². The van der Waals surface area contributed by atoms with Gasteiger partial charge in [0.05, 0.1) is 25.7 Å². The molecule has 0 spiro atoms. The van der Waals surface area contributed by atoms with Gasteiger partial charge in [0.25, 0.3) is 0 Å². The van der Waals surface area contributed by atoms with Crippen LogP contribution in [0.25, 0.3) is 0 Å². The SMILES string of the molecule is CCOC(=O)[C@H]1[C@H]([C@@H]2O[C@@H]3OC(C)(C)O[C@@H]3[C@H]2OC)[C@@H](C(=O)OC)N[C@H]1c1cccnc1. The van der Waals surface area contributed by atoms with Crippen molar-refractivity contribution < 1.29 is 38.0 Å². The van der Waals surface area contributed by atoms with E-state index in [4.69, 9.17) is 28.4 Å². The molecule has 10 heteroatoms. The summed E-state index contributed by atoms with van der Waals surface area (Å²) in [4.78, 5) is 30.2. The molecular formula is C22H30N2O8. The maximum atomic E-state index is 13.2. The Hall–Kier alpha value is -2.11. The van der Waals surface area contributed by atoms with Gasteiger partial charge in [-0.25, -0.2) is 0 Å². The van der Waals surface area contributed by atoms with Crippen LogP contribution >= 0.6 is 0 Å². The minimum atomic E-state index is -0.839. The Labute approximate surface area is 186 Å². The van der Waals surface area contributed by atoms with Gasteiger partial charge in [0.2, 0.25) is 0 Å². The van der Waals surface area contributed by atoms with Crippen molar-refractivity contribution in [2.75, 3.05) is 20.8 Å². The third-order valence-corrected chi connectivity index (χ3v) is 6.25. The maximum Gasteiger partial charge on any atom is 0.323 e. The van der Waals surface area contributed by atoms with Crippen molar-refractivity contribution in [2.45, 2.75) is 63.2 Å². The van der Waals surface area contributed by atoms with E-state index >= 15 is 0 Å². The number of nitrogens with one attached hydrogen (secondary N) is 1. The first-order chi connectivity index (χ1) is 15.3. The molecule has 10 nitrogen and oxygen atoms in total. The zero-order valence-corrected chi connectivity index (χ0v) is 18.8. The molecule has 8 atom stereocenters. The lowest BCUT2D eigenvalue weighted by atomic mass is 9.79. The largest absolute Gasteiger partial charge is 0.468 e. The van der Waals surface area contributed by atoms with Crippen LogP contribution in [0.5, 0.6) is 0 Å². The van der Waals surface area contributed by atoms with Crippen LogP contribution in [0.3, 0.4) is 0 Å². The van der Waals surface area contributed by atoms with Crippen LogP contribution in [-0.4, -0.2) is 74.2 Å². The van der Waals surface area contributed by atoms with E-state index in [1.807, 2.05) is 6.07 Å². The second-order valence-corrected chi connectivity index (χ2v) is 8.56. The number of fused-ring (bicyclic) bond motifs is 1. The van der Waals surface area contributed by atoms with Gasteiger partial charge in [0.15, 0.2) is 12.1 Å². The molecule has 0 unspecified atom stereocenters. The molecule has 3 aliphatic heterocycles.